The molecule has 5 heteroatoms. The normalized spacial score (nSPS) is 10.8. The van der Waals surface area contributed by atoms with Gasteiger partial charge in [-0.3, -0.25) is 4.79 Å². The van der Waals surface area contributed by atoms with Crippen LogP contribution in [0.25, 0.3) is 0 Å². The summed E-state index contributed by atoms with van der Waals surface area (Å²) in [7, 11) is -3.02. The summed E-state index contributed by atoms with van der Waals surface area (Å²) in [4.78, 5) is 11.0. The third-order valence-electron chi connectivity index (χ3n) is 1.84. The lowest BCUT2D eigenvalue weighted by atomic mass is 10.2. The van der Waals surface area contributed by atoms with E-state index in [0.29, 0.717) is 11.3 Å². The van der Waals surface area contributed by atoms with Crippen LogP contribution in [0.15, 0.2) is 36.9 Å². The monoisotopic (exact) mass is 239 g/mol. The number of anilines is 1. The first-order valence-electron chi connectivity index (χ1n) is 4.61. The second kappa shape index (κ2) is 4.94. The van der Waals surface area contributed by atoms with E-state index in [1.807, 2.05) is 0 Å². The average Bonchev–Trinajstić information content (AvgIpc) is 2.18. The number of amides is 1. The molecule has 0 aliphatic rings. The van der Waals surface area contributed by atoms with Gasteiger partial charge in [0.05, 0.1) is 5.75 Å². The first kappa shape index (κ1) is 12.4. The summed E-state index contributed by atoms with van der Waals surface area (Å²) in [5.41, 5.74) is 1.31. The molecular weight excluding hydrogens is 226 g/mol. The predicted octanol–water partition coefficient (Wildman–Crippen LogP) is 1.36. The Morgan fingerprint density at radius 1 is 1.38 bits per heavy atom. The molecule has 0 heterocycles. The van der Waals surface area contributed by atoms with E-state index in [4.69, 9.17) is 0 Å². The van der Waals surface area contributed by atoms with E-state index in [-0.39, 0.29) is 11.7 Å². The highest BCUT2D eigenvalue weighted by Crippen LogP contribution is 2.11. The zero-order valence-corrected chi connectivity index (χ0v) is 9.75. The van der Waals surface area contributed by atoms with E-state index in [1.165, 1.54) is 12.3 Å². The highest BCUT2D eigenvalue weighted by molar-refractivity contribution is 7.89. The second-order valence-electron chi connectivity index (χ2n) is 3.46. The molecule has 0 aliphatic carbocycles. The molecule has 0 spiro atoms. The molecule has 0 fully saturated rings. The molecule has 1 aromatic carbocycles. The molecule has 0 saturated heterocycles. The highest BCUT2D eigenvalue weighted by Gasteiger charge is 2.04. The van der Waals surface area contributed by atoms with Gasteiger partial charge in [0.2, 0.25) is 5.91 Å². The lowest BCUT2D eigenvalue weighted by molar-refractivity contribution is -0.111. The van der Waals surface area contributed by atoms with Crippen LogP contribution in [0.2, 0.25) is 0 Å². The summed E-state index contributed by atoms with van der Waals surface area (Å²) in [5.74, 6) is -0.293. The van der Waals surface area contributed by atoms with Gasteiger partial charge in [-0.2, -0.15) is 0 Å². The Labute approximate surface area is 94.9 Å². The number of carbonyl (C=O) groups excluding carboxylic acids is 1. The maximum absolute atomic E-state index is 11.0. The number of benzene rings is 1. The Morgan fingerprint density at radius 3 is 2.38 bits per heavy atom. The van der Waals surface area contributed by atoms with Crippen molar-refractivity contribution < 1.29 is 13.2 Å². The van der Waals surface area contributed by atoms with Crippen molar-refractivity contribution >= 4 is 21.4 Å². The van der Waals surface area contributed by atoms with Crippen LogP contribution in [-0.4, -0.2) is 20.6 Å². The number of sulfone groups is 1. The van der Waals surface area contributed by atoms with Crippen LogP contribution in [0.4, 0.5) is 5.69 Å². The molecule has 1 N–H and O–H groups in total. The standard InChI is InChI=1S/C11H13NO3S/c1-3-11(13)12-10-6-4-9(5-7-10)8-16(2,14)15/h3-7H,1,8H2,2H3,(H,12,13). The van der Waals surface area contributed by atoms with Gasteiger partial charge >= 0.3 is 0 Å². The molecule has 0 aromatic heterocycles. The van der Waals surface area contributed by atoms with Gasteiger partial charge in [0.15, 0.2) is 9.84 Å². The minimum Gasteiger partial charge on any atom is -0.323 e. The fourth-order valence-electron chi connectivity index (χ4n) is 1.18. The summed E-state index contributed by atoms with van der Waals surface area (Å²) < 4.78 is 22.1. The Balaban J connectivity index is 2.75. The van der Waals surface area contributed by atoms with Gasteiger partial charge in [0.1, 0.15) is 0 Å². The maximum Gasteiger partial charge on any atom is 0.247 e. The summed E-state index contributed by atoms with van der Waals surface area (Å²) in [6, 6.07) is 6.64. The molecule has 0 bridgehead atoms. The van der Waals surface area contributed by atoms with Crippen molar-refractivity contribution in [1.82, 2.24) is 0 Å². The number of carbonyl (C=O) groups is 1. The fraction of sp³-hybridized carbons (Fsp3) is 0.182. The molecule has 16 heavy (non-hydrogen) atoms. The Morgan fingerprint density at radius 2 is 1.94 bits per heavy atom. The lowest BCUT2D eigenvalue weighted by Crippen LogP contribution is -2.07. The topological polar surface area (TPSA) is 63.2 Å². The second-order valence-corrected chi connectivity index (χ2v) is 5.60. The van der Waals surface area contributed by atoms with Crippen molar-refractivity contribution in [1.29, 1.82) is 0 Å². The average molecular weight is 239 g/mol. The highest BCUT2D eigenvalue weighted by atomic mass is 32.2. The fourth-order valence-corrected chi connectivity index (χ4v) is 1.98. The van der Waals surface area contributed by atoms with E-state index in [1.54, 1.807) is 24.3 Å². The number of nitrogens with one attached hydrogen (secondary N) is 1. The minimum absolute atomic E-state index is 0.00266. The number of rotatable bonds is 4. The number of hydrogen-bond donors (Lipinski definition) is 1. The molecule has 4 nitrogen and oxygen atoms in total. The molecule has 0 atom stereocenters. The van der Waals surface area contributed by atoms with Crippen LogP contribution >= 0.6 is 0 Å². The molecular formula is C11H13NO3S. The van der Waals surface area contributed by atoms with Crippen molar-refractivity contribution in [2.24, 2.45) is 0 Å². The van der Waals surface area contributed by atoms with E-state index in [2.05, 4.69) is 11.9 Å². The van der Waals surface area contributed by atoms with Crippen molar-refractivity contribution in [3.05, 3.63) is 42.5 Å². The summed E-state index contributed by atoms with van der Waals surface area (Å²) in [6.45, 7) is 3.33. The lowest BCUT2D eigenvalue weighted by Gasteiger charge is -2.03. The first-order valence-corrected chi connectivity index (χ1v) is 6.67. The Kier molecular flexibility index (Phi) is 3.84. The molecule has 0 radical (unpaired) electrons. The maximum atomic E-state index is 11.0. The van der Waals surface area contributed by atoms with Crippen LogP contribution in [-0.2, 0) is 20.4 Å². The van der Waals surface area contributed by atoms with E-state index >= 15 is 0 Å². The molecule has 0 unspecified atom stereocenters. The van der Waals surface area contributed by atoms with E-state index in [0.717, 1.165) is 0 Å². The smallest absolute Gasteiger partial charge is 0.247 e. The zero-order chi connectivity index (χ0) is 12.2. The van der Waals surface area contributed by atoms with Crippen LogP contribution in [0.5, 0.6) is 0 Å². The molecule has 1 rings (SSSR count). The molecule has 1 aromatic rings. The third-order valence-corrected chi connectivity index (χ3v) is 2.69. The van der Waals surface area contributed by atoms with Gasteiger partial charge in [-0.25, -0.2) is 8.42 Å². The van der Waals surface area contributed by atoms with Gasteiger partial charge in [0.25, 0.3) is 0 Å². The Hall–Kier alpha value is -1.62. The van der Waals surface area contributed by atoms with Crippen molar-refractivity contribution in [3.8, 4) is 0 Å². The first-order chi connectivity index (χ1) is 7.40. The minimum atomic E-state index is -3.02. The SMILES string of the molecule is C=CC(=O)Nc1ccc(CS(C)(=O)=O)cc1. The Bertz CT molecular complexity index is 488. The van der Waals surface area contributed by atoms with E-state index < -0.39 is 9.84 Å². The van der Waals surface area contributed by atoms with Crippen molar-refractivity contribution in [2.45, 2.75) is 5.75 Å². The van der Waals surface area contributed by atoms with Crippen molar-refractivity contribution in [3.63, 3.8) is 0 Å². The van der Waals surface area contributed by atoms with Gasteiger partial charge in [-0.05, 0) is 23.8 Å². The van der Waals surface area contributed by atoms with E-state index in [9.17, 15) is 13.2 Å². The summed E-state index contributed by atoms with van der Waals surface area (Å²) in [6.07, 6.45) is 2.35. The molecule has 0 aliphatic heterocycles. The van der Waals surface area contributed by atoms with Crippen LogP contribution in [0.1, 0.15) is 5.56 Å². The van der Waals surface area contributed by atoms with Crippen LogP contribution < -0.4 is 5.32 Å². The largest absolute Gasteiger partial charge is 0.323 e. The van der Waals surface area contributed by atoms with Crippen LogP contribution in [0.3, 0.4) is 0 Å². The summed E-state index contributed by atoms with van der Waals surface area (Å²) >= 11 is 0. The third kappa shape index (κ3) is 4.27. The van der Waals surface area contributed by atoms with Gasteiger partial charge in [0, 0.05) is 11.9 Å². The van der Waals surface area contributed by atoms with Gasteiger partial charge in [-0.15, -0.1) is 0 Å². The molecule has 86 valence electrons. The molecule has 0 saturated carbocycles. The van der Waals surface area contributed by atoms with Gasteiger partial charge < -0.3 is 5.32 Å². The molecule has 1 amide bonds. The quantitative estimate of drug-likeness (QED) is 0.807. The number of hydrogen-bond acceptors (Lipinski definition) is 3. The summed E-state index contributed by atoms with van der Waals surface area (Å²) in [5, 5.41) is 2.58. The predicted molar refractivity (Wildman–Crippen MR) is 63.8 cm³/mol. The van der Waals surface area contributed by atoms with Crippen molar-refractivity contribution in [2.75, 3.05) is 11.6 Å². The van der Waals surface area contributed by atoms with Gasteiger partial charge in [-0.1, -0.05) is 18.7 Å². The van der Waals surface area contributed by atoms with Crippen LogP contribution in [0, 0.1) is 0 Å². The zero-order valence-electron chi connectivity index (χ0n) is 8.93.